The van der Waals surface area contributed by atoms with Gasteiger partial charge in [0.2, 0.25) is 10.0 Å². The summed E-state index contributed by atoms with van der Waals surface area (Å²) in [5.41, 5.74) is 1.36. The molecule has 6 rings (SSSR count). The second-order valence-electron chi connectivity index (χ2n) is 10.2. The number of sulfonamides is 1. The molecule has 0 radical (unpaired) electrons. The third-order valence-electron chi connectivity index (χ3n) is 7.46. The van der Waals surface area contributed by atoms with Gasteiger partial charge in [0.05, 0.1) is 11.8 Å². The number of hydrogen-bond acceptors (Lipinski definition) is 4. The molecule has 10 heteroatoms. The van der Waals surface area contributed by atoms with Gasteiger partial charge in [-0.25, -0.2) is 21.9 Å². The van der Waals surface area contributed by atoms with Crippen molar-refractivity contribution in [3.8, 4) is 11.1 Å². The Bertz CT molecular complexity index is 1770. The van der Waals surface area contributed by atoms with E-state index in [0.717, 1.165) is 30.2 Å². The molecular weight excluding hydrogens is 512 g/mol. The van der Waals surface area contributed by atoms with Gasteiger partial charge in [0, 0.05) is 33.8 Å². The Morgan fingerprint density at radius 2 is 1.89 bits per heavy atom. The van der Waals surface area contributed by atoms with Crippen molar-refractivity contribution in [2.45, 2.75) is 43.9 Å². The summed E-state index contributed by atoms with van der Waals surface area (Å²) in [6.45, 7) is 1.88. The van der Waals surface area contributed by atoms with Crippen LogP contribution >= 0.6 is 0 Å². The number of aromatic nitrogens is 2. The summed E-state index contributed by atoms with van der Waals surface area (Å²) in [4.78, 5) is 29.3. The number of amides is 1. The smallest absolute Gasteiger partial charge is 0.282 e. The molecule has 196 valence electrons. The number of rotatable bonds is 7. The maximum Gasteiger partial charge on any atom is 0.282 e. The number of carbonyl (C=O) groups excluding carboxylic acids is 1. The predicted molar refractivity (Wildman–Crippen MR) is 139 cm³/mol. The van der Waals surface area contributed by atoms with Crippen LogP contribution in [0.25, 0.3) is 22.0 Å². The van der Waals surface area contributed by atoms with E-state index in [-0.39, 0.29) is 28.9 Å². The summed E-state index contributed by atoms with van der Waals surface area (Å²) in [6.07, 6.45) is 3.37. The van der Waals surface area contributed by atoms with Crippen LogP contribution in [0.4, 0.5) is 8.78 Å². The van der Waals surface area contributed by atoms with Crippen LogP contribution in [-0.4, -0.2) is 29.1 Å². The molecule has 2 aromatic heterocycles. The molecule has 0 aliphatic heterocycles. The number of pyridine rings is 1. The molecule has 2 aromatic carbocycles. The summed E-state index contributed by atoms with van der Waals surface area (Å²) >= 11 is 0. The standard InChI is InChI=1S/C28H25F2N3O4S/c1-15-11-21(15)16-4-9-24-22(13-16)25(20-3-2-10-31-27(20)34)26(28(35)32-38(36,37)19-6-7-19)33(24)14-17-12-18(29)5-8-23(17)30/h2-5,8-10,12-13,15,19,21H,6-7,11,14H2,1H3,(H,31,34)(H,32,35)/t15-,21?/m0/s1. The van der Waals surface area contributed by atoms with E-state index in [4.69, 9.17) is 0 Å². The lowest BCUT2D eigenvalue weighted by molar-refractivity contribution is 0.0974. The zero-order chi connectivity index (χ0) is 26.8. The number of fused-ring (bicyclic) bond motifs is 1. The van der Waals surface area contributed by atoms with Crippen molar-refractivity contribution in [2.75, 3.05) is 0 Å². The minimum Gasteiger partial charge on any atom is -0.331 e. The van der Waals surface area contributed by atoms with Crippen LogP contribution in [0.2, 0.25) is 0 Å². The summed E-state index contributed by atoms with van der Waals surface area (Å²) in [6, 6.07) is 11.8. The molecule has 0 saturated heterocycles. The van der Waals surface area contributed by atoms with Crippen molar-refractivity contribution in [2.24, 2.45) is 5.92 Å². The minimum atomic E-state index is -3.94. The molecule has 1 amide bonds. The van der Waals surface area contributed by atoms with E-state index in [9.17, 15) is 26.8 Å². The van der Waals surface area contributed by atoms with Crippen molar-refractivity contribution in [1.29, 1.82) is 0 Å². The van der Waals surface area contributed by atoms with E-state index in [0.29, 0.717) is 35.6 Å². The fourth-order valence-electron chi connectivity index (χ4n) is 5.15. The Kier molecular flexibility index (Phi) is 5.75. The molecule has 2 aliphatic carbocycles. The number of nitrogens with one attached hydrogen (secondary N) is 2. The highest BCUT2D eigenvalue weighted by molar-refractivity contribution is 7.91. The number of carbonyl (C=O) groups is 1. The molecule has 2 saturated carbocycles. The fourth-order valence-corrected chi connectivity index (χ4v) is 6.43. The summed E-state index contributed by atoms with van der Waals surface area (Å²) in [7, 11) is -3.94. The van der Waals surface area contributed by atoms with E-state index in [1.54, 1.807) is 18.2 Å². The van der Waals surface area contributed by atoms with Gasteiger partial charge >= 0.3 is 0 Å². The average Bonchev–Trinajstić information content (AvgIpc) is 3.80. The minimum absolute atomic E-state index is 0.0191. The molecular formula is C28H25F2N3O4S. The Morgan fingerprint density at radius 3 is 2.58 bits per heavy atom. The second-order valence-corrected chi connectivity index (χ2v) is 12.2. The van der Waals surface area contributed by atoms with Crippen LogP contribution in [-0.2, 0) is 16.6 Å². The molecule has 7 nitrogen and oxygen atoms in total. The maximum atomic E-state index is 14.8. The third-order valence-corrected chi connectivity index (χ3v) is 9.28. The first-order valence-electron chi connectivity index (χ1n) is 12.5. The molecule has 2 atom stereocenters. The Morgan fingerprint density at radius 1 is 1.13 bits per heavy atom. The normalized spacial score (nSPS) is 19.0. The van der Waals surface area contributed by atoms with Crippen LogP contribution in [0.3, 0.4) is 0 Å². The van der Waals surface area contributed by atoms with Crippen LogP contribution in [0.5, 0.6) is 0 Å². The molecule has 0 bridgehead atoms. The van der Waals surface area contributed by atoms with Crippen molar-refractivity contribution >= 4 is 26.8 Å². The zero-order valence-electron chi connectivity index (χ0n) is 20.5. The number of hydrogen-bond donors (Lipinski definition) is 2. The van der Waals surface area contributed by atoms with Gasteiger partial charge in [0.25, 0.3) is 11.5 Å². The molecule has 2 N–H and O–H groups in total. The van der Waals surface area contributed by atoms with Gasteiger partial charge < -0.3 is 9.55 Å². The largest absolute Gasteiger partial charge is 0.331 e. The number of H-pyrrole nitrogens is 1. The number of halogens is 2. The van der Waals surface area contributed by atoms with Gasteiger partial charge in [0.1, 0.15) is 17.3 Å². The lowest BCUT2D eigenvalue weighted by Crippen LogP contribution is -2.35. The van der Waals surface area contributed by atoms with E-state index in [2.05, 4.69) is 16.6 Å². The lowest BCUT2D eigenvalue weighted by atomic mass is 10.00. The number of aromatic amines is 1. The van der Waals surface area contributed by atoms with Crippen LogP contribution < -0.4 is 10.3 Å². The van der Waals surface area contributed by atoms with Gasteiger partial charge in [0.15, 0.2) is 0 Å². The first kappa shape index (κ1) is 24.5. The van der Waals surface area contributed by atoms with Crippen LogP contribution in [0.1, 0.15) is 53.7 Å². The van der Waals surface area contributed by atoms with E-state index in [1.165, 1.54) is 10.8 Å². The monoisotopic (exact) mass is 537 g/mol. The molecule has 0 spiro atoms. The summed E-state index contributed by atoms with van der Waals surface area (Å²) in [5, 5.41) is -0.0967. The number of benzene rings is 2. The van der Waals surface area contributed by atoms with E-state index in [1.807, 2.05) is 12.1 Å². The molecule has 2 fully saturated rings. The molecule has 4 aromatic rings. The van der Waals surface area contributed by atoms with E-state index < -0.39 is 38.4 Å². The summed E-state index contributed by atoms with van der Waals surface area (Å²) in [5.74, 6) is -1.43. The Balaban J connectivity index is 1.63. The lowest BCUT2D eigenvalue weighted by Gasteiger charge is -2.14. The van der Waals surface area contributed by atoms with E-state index >= 15 is 0 Å². The quantitative estimate of drug-likeness (QED) is 0.358. The third kappa shape index (κ3) is 4.32. The van der Waals surface area contributed by atoms with Gasteiger partial charge in [-0.2, -0.15) is 0 Å². The topological polar surface area (TPSA) is 101 Å². The highest BCUT2D eigenvalue weighted by Crippen LogP contribution is 2.48. The van der Waals surface area contributed by atoms with Gasteiger partial charge in [-0.05, 0) is 79.1 Å². The SMILES string of the molecule is C[C@H]1CC1c1ccc2c(c1)c(-c1ccc[nH]c1=O)c(C(=O)NS(=O)(=O)C1CC1)n2Cc1cc(F)ccc1F. The second kappa shape index (κ2) is 8.90. The Hall–Kier alpha value is -3.79. The van der Waals surface area contributed by atoms with Crippen molar-refractivity contribution < 1.29 is 22.0 Å². The fraction of sp³-hybridized carbons (Fsp3) is 0.286. The zero-order valence-corrected chi connectivity index (χ0v) is 21.3. The highest BCUT2D eigenvalue weighted by atomic mass is 32.2. The molecule has 2 aliphatic rings. The predicted octanol–water partition coefficient (Wildman–Crippen LogP) is 4.67. The first-order chi connectivity index (χ1) is 18.1. The van der Waals surface area contributed by atoms with Crippen LogP contribution in [0, 0.1) is 17.6 Å². The molecule has 1 unspecified atom stereocenters. The Labute approximate surface area is 217 Å². The van der Waals surface area contributed by atoms with Crippen molar-refractivity contribution in [3.05, 3.63) is 93.5 Å². The van der Waals surface area contributed by atoms with Crippen molar-refractivity contribution in [1.82, 2.24) is 14.3 Å². The van der Waals surface area contributed by atoms with Gasteiger partial charge in [-0.1, -0.05) is 13.0 Å². The van der Waals surface area contributed by atoms with Gasteiger partial charge in [-0.15, -0.1) is 0 Å². The first-order valence-corrected chi connectivity index (χ1v) is 14.0. The van der Waals surface area contributed by atoms with Crippen LogP contribution in [0.15, 0.2) is 59.5 Å². The number of nitrogens with zero attached hydrogens (tertiary/aromatic N) is 1. The average molecular weight is 538 g/mol. The molecule has 38 heavy (non-hydrogen) atoms. The summed E-state index contributed by atoms with van der Waals surface area (Å²) < 4.78 is 57.9. The van der Waals surface area contributed by atoms with Gasteiger partial charge in [-0.3, -0.25) is 9.59 Å². The van der Waals surface area contributed by atoms with Crippen molar-refractivity contribution in [3.63, 3.8) is 0 Å². The maximum absolute atomic E-state index is 14.8. The highest BCUT2D eigenvalue weighted by Gasteiger charge is 2.39. The molecule has 2 heterocycles.